The molecule has 1 amide bonds. The van der Waals surface area contributed by atoms with Gasteiger partial charge < -0.3 is 10.4 Å². The third-order valence-corrected chi connectivity index (χ3v) is 5.87. The smallest absolute Gasteiger partial charge is 0.305 e. The molecule has 5 nitrogen and oxygen atoms in total. The number of thiophene rings is 1. The molecule has 0 saturated heterocycles. The Balaban J connectivity index is 0.00000289. The van der Waals surface area contributed by atoms with Crippen LogP contribution in [0, 0.1) is 0 Å². The van der Waals surface area contributed by atoms with E-state index in [1.165, 1.54) is 11.3 Å². The summed E-state index contributed by atoms with van der Waals surface area (Å²) in [6, 6.07) is 22.5. The number of halogens is 1. The van der Waals surface area contributed by atoms with Crippen molar-refractivity contribution in [1.82, 2.24) is 10.3 Å². The van der Waals surface area contributed by atoms with Crippen LogP contribution < -0.4 is 5.32 Å². The maximum atomic E-state index is 12.8. The number of carbonyl (C=O) groups excluding carboxylic acids is 1. The molecule has 4 aromatic rings. The predicted octanol–water partition coefficient (Wildman–Crippen LogP) is 5.84. The minimum atomic E-state index is -0.963. The minimum absolute atomic E-state index is 0. The average Bonchev–Trinajstić information content (AvgIpc) is 3.30. The highest BCUT2D eigenvalue weighted by atomic mass is 35.5. The molecule has 0 radical (unpaired) electrons. The standard InChI is InChI=1S/C25H20N2O3S.ClH/c28-24(29)15-22(20-4-2-1-3-5-20)27-25(30)23-14-21(16-31-23)18-8-6-17(7-9-18)19-10-12-26-13-11-19;/h1-14,16,22H,15H2,(H,27,30)(H,28,29);1H. The van der Waals surface area contributed by atoms with Gasteiger partial charge in [0.25, 0.3) is 5.91 Å². The predicted molar refractivity (Wildman–Crippen MR) is 129 cm³/mol. The van der Waals surface area contributed by atoms with Gasteiger partial charge in [0.15, 0.2) is 0 Å². The third-order valence-electron chi connectivity index (χ3n) is 4.94. The number of benzene rings is 2. The number of carbonyl (C=O) groups is 2. The second-order valence-electron chi connectivity index (χ2n) is 7.05. The number of aromatic nitrogens is 1. The largest absolute Gasteiger partial charge is 0.481 e. The minimum Gasteiger partial charge on any atom is -0.481 e. The van der Waals surface area contributed by atoms with E-state index >= 15 is 0 Å². The molecule has 2 aromatic carbocycles. The van der Waals surface area contributed by atoms with E-state index in [0.717, 1.165) is 27.8 Å². The first-order valence-electron chi connectivity index (χ1n) is 9.77. The van der Waals surface area contributed by atoms with E-state index in [1.807, 2.05) is 78.2 Å². The van der Waals surface area contributed by atoms with Gasteiger partial charge in [-0.2, -0.15) is 0 Å². The molecule has 0 aliphatic heterocycles. The van der Waals surface area contributed by atoms with Gasteiger partial charge in [0, 0.05) is 12.4 Å². The van der Waals surface area contributed by atoms with E-state index in [2.05, 4.69) is 10.3 Å². The van der Waals surface area contributed by atoms with Crippen LogP contribution in [-0.2, 0) is 4.79 Å². The van der Waals surface area contributed by atoms with Gasteiger partial charge in [-0.25, -0.2) is 0 Å². The average molecular weight is 465 g/mol. The highest BCUT2D eigenvalue weighted by Crippen LogP contribution is 2.29. The van der Waals surface area contributed by atoms with Crippen LogP contribution in [0.25, 0.3) is 22.3 Å². The Labute approximate surface area is 196 Å². The number of carboxylic acids is 1. The molecule has 4 rings (SSSR count). The second kappa shape index (κ2) is 10.7. The summed E-state index contributed by atoms with van der Waals surface area (Å²) < 4.78 is 0. The lowest BCUT2D eigenvalue weighted by molar-refractivity contribution is -0.137. The van der Waals surface area contributed by atoms with Crippen molar-refractivity contribution in [1.29, 1.82) is 0 Å². The number of rotatable bonds is 7. The van der Waals surface area contributed by atoms with Crippen LogP contribution in [0.1, 0.15) is 27.7 Å². The Kier molecular flexibility index (Phi) is 7.76. The molecule has 7 heteroatoms. The van der Waals surface area contributed by atoms with Gasteiger partial charge in [-0.3, -0.25) is 14.6 Å². The van der Waals surface area contributed by atoms with E-state index in [4.69, 9.17) is 0 Å². The zero-order chi connectivity index (χ0) is 21.6. The van der Waals surface area contributed by atoms with Crippen molar-refractivity contribution in [2.75, 3.05) is 0 Å². The first kappa shape index (κ1) is 23.2. The lowest BCUT2D eigenvalue weighted by atomic mass is 10.0. The first-order valence-corrected chi connectivity index (χ1v) is 10.6. The van der Waals surface area contributed by atoms with E-state index in [1.54, 1.807) is 12.4 Å². The Morgan fingerprint density at radius 1 is 0.875 bits per heavy atom. The molecule has 0 fully saturated rings. The van der Waals surface area contributed by atoms with Gasteiger partial charge in [0.05, 0.1) is 17.3 Å². The van der Waals surface area contributed by atoms with Crippen molar-refractivity contribution >= 4 is 35.6 Å². The van der Waals surface area contributed by atoms with Crippen molar-refractivity contribution in [2.24, 2.45) is 0 Å². The van der Waals surface area contributed by atoms with Gasteiger partial charge in [0.1, 0.15) is 0 Å². The van der Waals surface area contributed by atoms with Gasteiger partial charge in [0.2, 0.25) is 0 Å². The summed E-state index contributed by atoms with van der Waals surface area (Å²) in [4.78, 5) is 28.6. The monoisotopic (exact) mass is 464 g/mol. The summed E-state index contributed by atoms with van der Waals surface area (Å²) in [5, 5.41) is 14.0. The Bertz CT molecular complexity index is 1180. The molecule has 2 heterocycles. The Hall–Kier alpha value is -3.48. The zero-order valence-corrected chi connectivity index (χ0v) is 18.6. The van der Waals surface area contributed by atoms with Gasteiger partial charge >= 0.3 is 5.97 Å². The lowest BCUT2D eigenvalue weighted by Gasteiger charge is -2.16. The fourth-order valence-electron chi connectivity index (χ4n) is 3.35. The second-order valence-corrected chi connectivity index (χ2v) is 7.96. The van der Waals surface area contributed by atoms with Crippen molar-refractivity contribution in [3.63, 3.8) is 0 Å². The van der Waals surface area contributed by atoms with Crippen molar-refractivity contribution in [2.45, 2.75) is 12.5 Å². The molecule has 2 aromatic heterocycles. The van der Waals surface area contributed by atoms with Crippen LogP contribution in [0.5, 0.6) is 0 Å². The number of carboxylic acid groups (broad SMARTS) is 1. The fraction of sp³-hybridized carbons (Fsp3) is 0.0800. The number of nitrogens with one attached hydrogen (secondary N) is 1. The summed E-state index contributed by atoms with van der Waals surface area (Å²) in [5.74, 6) is -1.24. The SMILES string of the molecule is Cl.O=C(O)CC(NC(=O)c1cc(-c2ccc(-c3ccncc3)cc2)cs1)c1ccccc1. The molecule has 1 unspecified atom stereocenters. The van der Waals surface area contributed by atoms with Crippen LogP contribution in [0.2, 0.25) is 0 Å². The molecule has 0 aliphatic rings. The number of hydrogen-bond acceptors (Lipinski definition) is 4. The van der Waals surface area contributed by atoms with Crippen molar-refractivity contribution in [3.8, 4) is 22.3 Å². The van der Waals surface area contributed by atoms with Crippen LogP contribution in [0.15, 0.2) is 90.6 Å². The summed E-state index contributed by atoms with van der Waals surface area (Å²) in [6.07, 6.45) is 3.35. The molecule has 32 heavy (non-hydrogen) atoms. The maximum absolute atomic E-state index is 12.8. The normalized spacial score (nSPS) is 11.2. The summed E-state index contributed by atoms with van der Waals surface area (Å²) in [5.41, 5.74) is 4.92. The number of aliphatic carboxylic acids is 1. The van der Waals surface area contributed by atoms with Gasteiger partial charge in [-0.1, -0.05) is 54.6 Å². The maximum Gasteiger partial charge on any atom is 0.305 e. The molecular weight excluding hydrogens is 444 g/mol. The van der Waals surface area contributed by atoms with E-state index < -0.39 is 12.0 Å². The van der Waals surface area contributed by atoms with Crippen molar-refractivity contribution in [3.05, 3.63) is 101 Å². The van der Waals surface area contributed by atoms with Gasteiger partial charge in [-0.15, -0.1) is 23.7 Å². The van der Waals surface area contributed by atoms with E-state index in [0.29, 0.717) is 4.88 Å². The molecule has 0 bridgehead atoms. The third kappa shape index (κ3) is 5.60. The summed E-state index contributed by atoms with van der Waals surface area (Å²) >= 11 is 1.34. The molecular formula is C25H21ClN2O3S. The first-order chi connectivity index (χ1) is 15.1. The topological polar surface area (TPSA) is 79.3 Å². The number of hydrogen-bond donors (Lipinski definition) is 2. The molecule has 0 spiro atoms. The summed E-state index contributed by atoms with van der Waals surface area (Å²) in [6.45, 7) is 0. The van der Waals surface area contributed by atoms with E-state index in [-0.39, 0.29) is 24.7 Å². The molecule has 162 valence electrons. The number of pyridine rings is 1. The molecule has 1 atom stereocenters. The fourth-order valence-corrected chi connectivity index (χ4v) is 4.17. The van der Waals surface area contributed by atoms with Crippen LogP contribution in [0.3, 0.4) is 0 Å². The summed E-state index contributed by atoms with van der Waals surface area (Å²) in [7, 11) is 0. The molecule has 0 aliphatic carbocycles. The lowest BCUT2D eigenvalue weighted by Crippen LogP contribution is -2.29. The highest BCUT2D eigenvalue weighted by Gasteiger charge is 2.20. The Morgan fingerprint density at radius 3 is 2.09 bits per heavy atom. The molecule has 2 N–H and O–H groups in total. The van der Waals surface area contributed by atoms with Crippen LogP contribution in [0.4, 0.5) is 0 Å². The van der Waals surface area contributed by atoms with Gasteiger partial charge in [-0.05, 0) is 51.4 Å². The van der Waals surface area contributed by atoms with Crippen molar-refractivity contribution < 1.29 is 14.7 Å². The van der Waals surface area contributed by atoms with E-state index in [9.17, 15) is 14.7 Å². The van der Waals surface area contributed by atoms with Crippen LogP contribution >= 0.6 is 23.7 Å². The highest BCUT2D eigenvalue weighted by molar-refractivity contribution is 7.12. The molecule has 0 saturated carbocycles. The quantitative estimate of drug-likeness (QED) is 0.360. The zero-order valence-electron chi connectivity index (χ0n) is 17.0. The van der Waals surface area contributed by atoms with Crippen LogP contribution in [-0.4, -0.2) is 22.0 Å². The number of nitrogens with zero attached hydrogens (tertiary/aromatic N) is 1. The Morgan fingerprint density at radius 2 is 1.47 bits per heavy atom. The number of amides is 1.